The Balaban J connectivity index is 1.74. The quantitative estimate of drug-likeness (QED) is 0.705. The molecule has 4 rings (SSSR count). The summed E-state index contributed by atoms with van der Waals surface area (Å²) in [6, 6.07) is 0. The van der Waals surface area contributed by atoms with Crippen LogP contribution in [0.5, 0.6) is 0 Å². The van der Waals surface area contributed by atoms with Gasteiger partial charge in [0.25, 0.3) is 0 Å². The summed E-state index contributed by atoms with van der Waals surface area (Å²) in [6.07, 6.45) is 11.6. The van der Waals surface area contributed by atoms with Gasteiger partial charge in [-0.25, -0.2) is 0 Å². The Morgan fingerprint density at radius 2 is 1.79 bits per heavy atom. The molecule has 0 spiro atoms. The lowest BCUT2D eigenvalue weighted by Crippen LogP contribution is -2.52. The average Bonchev–Trinajstić information content (AvgIpc) is 2.85. The molecule has 0 heterocycles. The third-order valence-corrected chi connectivity index (χ3v) is 8.46. The highest BCUT2D eigenvalue weighted by Gasteiger charge is 2.60. The van der Waals surface area contributed by atoms with Gasteiger partial charge in [0.2, 0.25) is 0 Å². The summed E-state index contributed by atoms with van der Waals surface area (Å²) >= 11 is 0. The van der Waals surface area contributed by atoms with Crippen molar-refractivity contribution in [2.45, 2.75) is 78.6 Å². The van der Waals surface area contributed by atoms with Gasteiger partial charge in [-0.1, -0.05) is 32.8 Å². The van der Waals surface area contributed by atoms with Crippen LogP contribution in [0.3, 0.4) is 0 Å². The van der Waals surface area contributed by atoms with Crippen molar-refractivity contribution < 1.29 is 9.59 Å². The molecule has 0 aromatic carbocycles. The van der Waals surface area contributed by atoms with E-state index in [1.165, 1.54) is 31.3 Å². The van der Waals surface area contributed by atoms with Crippen LogP contribution in [-0.2, 0) is 9.59 Å². The van der Waals surface area contributed by atoms with Gasteiger partial charge in [0.1, 0.15) is 5.78 Å². The minimum atomic E-state index is -0.0417. The molecule has 0 N–H and O–H groups in total. The van der Waals surface area contributed by atoms with Crippen molar-refractivity contribution >= 4 is 11.6 Å². The lowest BCUT2D eigenvalue weighted by Gasteiger charge is -2.59. The van der Waals surface area contributed by atoms with E-state index in [4.69, 9.17) is 0 Å². The van der Waals surface area contributed by atoms with Gasteiger partial charge in [0.05, 0.1) is 0 Å². The summed E-state index contributed by atoms with van der Waals surface area (Å²) in [5.41, 5.74) is 1.65. The smallest absolute Gasteiger partial charge is 0.155 e. The highest BCUT2D eigenvalue weighted by atomic mass is 16.1. The minimum absolute atomic E-state index is 0.0417. The van der Waals surface area contributed by atoms with Gasteiger partial charge in [-0.05, 0) is 73.7 Å². The lowest BCUT2D eigenvalue weighted by molar-refractivity contribution is -0.133. The van der Waals surface area contributed by atoms with Gasteiger partial charge in [-0.15, -0.1) is 0 Å². The Kier molecular flexibility index (Phi) is 3.82. The number of rotatable bonds is 2. The van der Waals surface area contributed by atoms with Crippen molar-refractivity contribution in [1.29, 1.82) is 0 Å². The molecule has 0 aromatic heterocycles. The molecule has 0 aromatic rings. The van der Waals surface area contributed by atoms with Gasteiger partial charge in [-0.2, -0.15) is 0 Å². The van der Waals surface area contributed by atoms with Crippen LogP contribution in [0.25, 0.3) is 0 Å². The number of hydrogen-bond donors (Lipinski definition) is 0. The fourth-order valence-corrected chi connectivity index (χ4v) is 7.18. The average molecular weight is 328 g/mol. The summed E-state index contributed by atoms with van der Waals surface area (Å²) in [4.78, 5) is 24.7. The zero-order valence-electron chi connectivity index (χ0n) is 15.6. The van der Waals surface area contributed by atoms with Crippen LogP contribution in [-0.4, -0.2) is 11.6 Å². The molecule has 4 aliphatic carbocycles. The Morgan fingerprint density at radius 3 is 2.54 bits per heavy atom. The number of fused-ring (bicyclic) bond motifs is 5. The third kappa shape index (κ3) is 2.14. The molecular formula is C22H32O2. The normalized spacial score (nSPS) is 47.7. The van der Waals surface area contributed by atoms with Gasteiger partial charge >= 0.3 is 0 Å². The Bertz CT molecular complexity index is 603. The summed E-state index contributed by atoms with van der Waals surface area (Å²) < 4.78 is 0. The van der Waals surface area contributed by atoms with E-state index in [9.17, 15) is 9.59 Å². The molecule has 0 amide bonds. The van der Waals surface area contributed by atoms with E-state index in [-0.39, 0.29) is 10.8 Å². The maximum Gasteiger partial charge on any atom is 0.155 e. The van der Waals surface area contributed by atoms with E-state index in [1.54, 1.807) is 0 Å². The van der Waals surface area contributed by atoms with E-state index in [1.807, 2.05) is 6.08 Å². The number of hydrogen-bond acceptors (Lipinski definition) is 2. The largest absolute Gasteiger partial charge is 0.299 e. The predicted octanol–water partition coefficient (Wildman–Crippen LogP) is 5.11. The molecule has 2 nitrogen and oxygen atoms in total. The SMILES string of the molecule is CCC[C@H]1CC2C3CCC(=O)C3(C)CCC2C2(C)CCC(=O)C=C12. The first kappa shape index (κ1) is 16.5. The zero-order valence-corrected chi connectivity index (χ0v) is 15.6. The molecule has 2 heteroatoms. The molecule has 0 saturated heterocycles. The van der Waals surface area contributed by atoms with E-state index in [0.717, 1.165) is 32.1 Å². The van der Waals surface area contributed by atoms with Crippen molar-refractivity contribution in [3.63, 3.8) is 0 Å². The highest BCUT2D eigenvalue weighted by Crippen LogP contribution is 2.65. The second-order valence-corrected chi connectivity index (χ2v) is 9.50. The van der Waals surface area contributed by atoms with Crippen LogP contribution in [0.4, 0.5) is 0 Å². The second-order valence-electron chi connectivity index (χ2n) is 9.50. The summed E-state index contributed by atoms with van der Waals surface area (Å²) in [5, 5.41) is 0. The topological polar surface area (TPSA) is 34.1 Å². The number of carbonyl (C=O) groups is 2. The number of Topliss-reactive ketones (excluding diaryl/α,β-unsaturated/α-hetero) is 1. The Hall–Kier alpha value is -0.920. The van der Waals surface area contributed by atoms with Crippen molar-refractivity contribution in [3.8, 4) is 0 Å². The summed E-state index contributed by atoms with van der Waals surface area (Å²) in [6.45, 7) is 6.97. The van der Waals surface area contributed by atoms with Crippen LogP contribution in [0.2, 0.25) is 0 Å². The van der Waals surface area contributed by atoms with Crippen molar-refractivity contribution in [1.82, 2.24) is 0 Å². The fraction of sp³-hybridized carbons (Fsp3) is 0.818. The monoisotopic (exact) mass is 328 g/mol. The minimum Gasteiger partial charge on any atom is -0.299 e. The number of carbonyl (C=O) groups excluding carboxylic acids is 2. The fourth-order valence-electron chi connectivity index (χ4n) is 7.18. The van der Waals surface area contributed by atoms with Crippen LogP contribution in [0.15, 0.2) is 11.6 Å². The highest BCUT2D eigenvalue weighted by molar-refractivity contribution is 5.92. The first-order valence-corrected chi connectivity index (χ1v) is 10.2. The molecule has 3 saturated carbocycles. The molecule has 0 bridgehead atoms. The van der Waals surface area contributed by atoms with Gasteiger partial charge in [0, 0.05) is 18.3 Å². The molecule has 5 unspecified atom stereocenters. The third-order valence-electron chi connectivity index (χ3n) is 8.46. The zero-order chi connectivity index (χ0) is 17.1. The standard InChI is InChI=1S/C22H32O2/c1-4-5-14-12-16-17-6-7-20(24)22(17,3)11-9-18(16)21(2)10-8-15(23)13-19(14)21/h13-14,16-18H,4-12H2,1-3H3/t14-,16?,17?,18?,21?,22?/m0/s1. The lowest BCUT2D eigenvalue weighted by atomic mass is 9.45. The van der Waals surface area contributed by atoms with Crippen LogP contribution >= 0.6 is 0 Å². The van der Waals surface area contributed by atoms with Crippen LogP contribution in [0, 0.1) is 34.5 Å². The molecule has 0 aliphatic heterocycles. The van der Waals surface area contributed by atoms with E-state index in [2.05, 4.69) is 20.8 Å². The van der Waals surface area contributed by atoms with Crippen molar-refractivity contribution in [2.24, 2.45) is 34.5 Å². The Labute approximate surface area is 146 Å². The molecule has 4 aliphatic rings. The Morgan fingerprint density at radius 1 is 1.04 bits per heavy atom. The van der Waals surface area contributed by atoms with E-state index < -0.39 is 0 Å². The molecular weight excluding hydrogens is 296 g/mol. The van der Waals surface area contributed by atoms with E-state index >= 15 is 0 Å². The first-order chi connectivity index (χ1) is 11.4. The molecule has 132 valence electrons. The van der Waals surface area contributed by atoms with Crippen molar-refractivity contribution in [2.75, 3.05) is 0 Å². The van der Waals surface area contributed by atoms with Crippen LogP contribution in [0.1, 0.15) is 78.6 Å². The van der Waals surface area contributed by atoms with Gasteiger partial charge in [0.15, 0.2) is 5.78 Å². The van der Waals surface area contributed by atoms with Crippen LogP contribution < -0.4 is 0 Å². The molecule has 24 heavy (non-hydrogen) atoms. The number of allylic oxidation sites excluding steroid dienone is 1. The maximum absolute atomic E-state index is 12.6. The van der Waals surface area contributed by atoms with E-state index in [0.29, 0.717) is 35.2 Å². The summed E-state index contributed by atoms with van der Waals surface area (Å²) in [7, 11) is 0. The predicted molar refractivity (Wildman–Crippen MR) is 95.5 cm³/mol. The molecule has 3 fully saturated rings. The van der Waals surface area contributed by atoms with Gasteiger partial charge in [-0.3, -0.25) is 9.59 Å². The van der Waals surface area contributed by atoms with Crippen molar-refractivity contribution in [3.05, 3.63) is 11.6 Å². The maximum atomic E-state index is 12.6. The summed E-state index contributed by atoms with van der Waals surface area (Å²) in [5.74, 6) is 3.43. The first-order valence-electron chi connectivity index (χ1n) is 10.2. The molecule has 0 radical (unpaired) electrons. The second kappa shape index (κ2) is 5.54. The van der Waals surface area contributed by atoms with Gasteiger partial charge < -0.3 is 0 Å². The molecule has 6 atom stereocenters. The number of ketones is 2.